The zero-order chi connectivity index (χ0) is 33.7. The molecule has 0 N–H and O–H groups in total. The van der Waals surface area contributed by atoms with Crippen LogP contribution in [0.1, 0.15) is 0 Å². The van der Waals surface area contributed by atoms with Gasteiger partial charge in [-0.2, -0.15) is 0 Å². The normalized spacial score (nSPS) is 13.2. The van der Waals surface area contributed by atoms with Crippen molar-refractivity contribution in [3.05, 3.63) is 142 Å². The number of pyridine rings is 2. The van der Waals surface area contributed by atoms with Crippen LogP contribution in [0.5, 0.6) is 0 Å². The highest BCUT2D eigenvalue weighted by atomic mass is 16.1. The predicted octanol–water partition coefficient (Wildman–Crippen LogP) is 10.1. The van der Waals surface area contributed by atoms with Gasteiger partial charge in [0.2, 0.25) is 0 Å². The number of aromatic nitrogens is 4. The minimum atomic E-state index is -0.0402. The second-order valence-electron chi connectivity index (χ2n) is 14.3. The van der Waals surface area contributed by atoms with E-state index in [1.807, 2.05) is 60.7 Å². The second kappa shape index (κ2) is 8.23. The minimum absolute atomic E-state index is 0.0402. The fourth-order valence-electron chi connectivity index (χ4n) is 10.1. The summed E-state index contributed by atoms with van der Waals surface area (Å²) >= 11 is 0. The van der Waals surface area contributed by atoms with Crippen molar-refractivity contribution >= 4 is 130 Å². The van der Waals surface area contributed by atoms with Gasteiger partial charge in [-0.05, 0) is 113 Å². The monoisotopic (exact) mass is 660 g/mol. The van der Waals surface area contributed by atoms with Crippen LogP contribution in [0.2, 0.25) is 0 Å². The number of para-hydroxylation sites is 4. The molecule has 236 valence electrons. The molecular weight excluding hydrogens is 641 g/mol. The van der Waals surface area contributed by atoms with Gasteiger partial charge in [-0.15, -0.1) is 0 Å². The van der Waals surface area contributed by atoms with Crippen molar-refractivity contribution in [2.75, 3.05) is 0 Å². The van der Waals surface area contributed by atoms with E-state index in [9.17, 15) is 9.59 Å². The van der Waals surface area contributed by atoms with Crippen molar-refractivity contribution in [2.24, 2.45) is 0 Å². The smallest absolute Gasteiger partial charge is 0.264 e. The fourth-order valence-corrected chi connectivity index (χ4v) is 10.1. The van der Waals surface area contributed by atoms with Crippen LogP contribution in [0.3, 0.4) is 0 Å². The van der Waals surface area contributed by atoms with Crippen molar-refractivity contribution < 1.29 is 0 Å². The summed E-state index contributed by atoms with van der Waals surface area (Å²) in [6.45, 7) is 0. The van der Waals surface area contributed by atoms with Gasteiger partial charge in [0.05, 0.1) is 22.1 Å². The van der Waals surface area contributed by atoms with Gasteiger partial charge in [0.1, 0.15) is 11.3 Å². The van der Waals surface area contributed by atoms with E-state index < -0.39 is 0 Å². The molecule has 6 heteroatoms. The Morgan fingerprint density at radius 1 is 0.308 bits per heavy atom. The molecule has 0 aliphatic heterocycles. The third-order valence-electron chi connectivity index (χ3n) is 12.1. The van der Waals surface area contributed by atoms with Gasteiger partial charge in [0.25, 0.3) is 11.1 Å². The summed E-state index contributed by atoms with van der Waals surface area (Å²) in [7, 11) is 0. The van der Waals surface area contributed by atoms with E-state index in [0.717, 1.165) is 97.5 Å². The summed E-state index contributed by atoms with van der Waals surface area (Å²) in [4.78, 5) is 38.3. The number of hydrogen-bond donors (Lipinski definition) is 0. The highest BCUT2D eigenvalue weighted by molar-refractivity contribution is 6.45. The van der Waals surface area contributed by atoms with Crippen LogP contribution in [-0.4, -0.2) is 18.8 Å². The molecule has 52 heavy (non-hydrogen) atoms. The molecule has 10 aromatic carbocycles. The van der Waals surface area contributed by atoms with E-state index in [2.05, 4.69) is 60.7 Å². The van der Waals surface area contributed by atoms with Gasteiger partial charge in [-0.25, -0.2) is 9.97 Å². The fraction of sp³-hybridized carbons (Fsp3) is 0. The maximum atomic E-state index is 14.2. The van der Waals surface area contributed by atoms with E-state index in [1.165, 1.54) is 10.8 Å². The van der Waals surface area contributed by atoms with E-state index >= 15 is 0 Å². The van der Waals surface area contributed by atoms with Crippen molar-refractivity contribution in [3.8, 4) is 0 Å². The third kappa shape index (κ3) is 2.63. The lowest BCUT2D eigenvalue weighted by molar-refractivity contribution is 1.19. The van der Waals surface area contributed by atoms with Crippen molar-refractivity contribution in [1.82, 2.24) is 18.8 Å². The SMILES string of the molecule is O=c1c2ccc3c4ccc5c6ccc7c8c(ccc(c9ccc(c%10ccc(c2c3%10)c2nc3ccccc3n12)c4c95)c68)c(=O)n1c2ccccc2nc71. The Morgan fingerprint density at radius 3 is 0.923 bits per heavy atom. The molecule has 0 atom stereocenters. The quantitative estimate of drug-likeness (QED) is 0.120. The molecular formula is C46H20N4O2. The summed E-state index contributed by atoms with van der Waals surface area (Å²) in [6, 6.07) is 41.8. The molecule has 0 spiro atoms. The molecule has 0 aliphatic rings. The Kier molecular flexibility index (Phi) is 4.07. The average Bonchev–Trinajstić information content (AvgIpc) is 3.78. The van der Waals surface area contributed by atoms with Gasteiger partial charge >= 0.3 is 0 Å². The maximum absolute atomic E-state index is 14.2. The van der Waals surface area contributed by atoms with Crippen molar-refractivity contribution in [3.63, 3.8) is 0 Å². The first-order chi connectivity index (χ1) is 25.7. The predicted molar refractivity (Wildman–Crippen MR) is 214 cm³/mol. The first-order valence-electron chi connectivity index (χ1n) is 17.5. The maximum Gasteiger partial charge on any atom is 0.264 e. The van der Waals surface area contributed by atoms with E-state index in [1.54, 1.807) is 8.80 Å². The molecule has 0 saturated heterocycles. The molecule has 0 saturated carbocycles. The van der Waals surface area contributed by atoms with Crippen LogP contribution < -0.4 is 11.1 Å². The summed E-state index contributed by atoms with van der Waals surface area (Å²) in [6.07, 6.45) is 0. The molecule has 14 aromatic rings. The van der Waals surface area contributed by atoms with E-state index in [0.29, 0.717) is 22.1 Å². The minimum Gasteiger partial charge on any atom is -0.268 e. The van der Waals surface area contributed by atoms with Crippen LogP contribution in [0.25, 0.3) is 130 Å². The van der Waals surface area contributed by atoms with Gasteiger partial charge in [-0.1, -0.05) is 72.8 Å². The Hall–Kier alpha value is -7.18. The van der Waals surface area contributed by atoms with Gasteiger partial charge < -0.3 is 0 Å². The Morgan fingerprint density at radius 2 is 0.577 bits per heavy atom. The molecule has 0 fully saturated rings. The van der Waals surface area contributed by atoms with Crippen molar-refractivity contribution in [2.45, 2.75) is 0 Å². The number of benzene rings is 10. The molecule has 0 bridgehead atoms. The van der Waals surface area contributed by atoms with Gasteiger partial charge in [0.15, 0.2) is 0 Å². The third-order valence-corrected chi connectivity index (χ3v) is 12.1. The highest BCUT2D eigenvalue weighted by Gasteiger charge is 2.25. The molecule has 4 aromatic heterocycles. The molecule has 4 heterocycles. The van der Waals surface area contributed by atoms with E-state index in [4.69, 9.17) is 9.97 Å². The van der Waals surface area contributed by atoms with Crippen LogP contribution in [0.4, 0.5) is 0 Å². The van der Waals surface area contributed by atoms with Crippen LogP contribution >= 0.6 is 0 Å². The lowest BCUT2D eigenvalue weighted by atomic mass is 9.82. The zero-order valence-electron chi connectivity index (χ0n) is 27.2. The number of hydrogen-bond acceptors (Lipinski definition) is 4. The van der Waals surface area contributed by atoms with Crippen molar-refractivity contribution in [1.29, 1.82) is 0 Å². The largest absolute Gasteiger partial charge is 0.268 e. The van der Waals surface area contributed by atoms with Gasteiger partial charge in [0, 0.05) is 32.3 Å². The first kappa shape index (κ1) is 25.7. The summed E-state index contributed by atoms with van der Waals surface area (Å²) in [5, 5.41) is 19.1. The average molecular weight is 661 g/mol. The molecule has 6 nitrogen and oxygen atoms in total. The first-order valence-corrected chi connectivity index (χ1v) is 17.5. The molecule has 0 unspecified atom stereocenters. The summed E-state index contributed by atoms with van der Waals surface area (Å²) < 4.78 is 3.54. The summed E-state index contributed by atoms with van der Waals surface area (Å²) in [5.41, 5.74) is 4.61. The molecule has 0 radical (unpaired) electrons. The lowest BCUT2D eigenvalue weighted by Crippen LogP contribution is -2.13. The molecule has 14 rings (SSSR count). The Bertz CT molecular complexity index is 3750. The summed E-state index contributed by atoms with van der Waals surface area (Å²) in [5.74, 6) is 0. The van der Waals surface area contributed by atoms with Crippen LogP contribution in [0, 0.1) is 0 Å². The highest BCUT2D eigenvalue weighted by Crippen LogP contribution is 2.49. The van der Waals surface area contributed by atoms with E-state index in [-0.39, 0.29) is 11.1 Å². The number of nitrogens with zero attached hydrogens (tertiary/aromatic N) is 4. The number of rotatable bonds is 0. The van der Waals surface area contributed by atoms with Gasteiger partial charge in [-0.3, -0.25) is 18.4 Å². The zero-order valence-corrected chi connectivity index (χ0v) is 27.2. The molecule has 0 amide bonds. The number of fused-ring (bicyclic) bond motifs is 12. The Balaban J connectivity index is 1.17. The Labute approximate surface area is 290 Å². The standard InChI is InChI=1S/C46H20N4O2/c51-45-31-19-15-27-23-11-10-22-26-14-18-30-42-32(46(52)50-36-8-4-2-6-34(36)48-44(30)50)20-16-28(40(26)42)24-12-9-21(37(23)38(22)24)25-13-17-29(41(31)39(25)27)43-47-33-5-1-3-7-35(33)49(43)45/h1-20H. The second-order valence-corrected chi connectivity index (χ2v) is 14.3. The molecule has 0 aliphatic carbocycles. The van der Waals surface area contributed by atoms with Crippen LogP contribution in [0.15, 0.2) is 131 Å². The number of imidazole rings is 2. The lowest BCUT2D eigenvalue weighted by Gasteiger charge is -2.21. The topological polar surface area (TPSA) is 68.7 Å². The van der Waals surface area contributed by atoms with Crippen LogP contribution in [-0.2, 0) is 0 Å².